The number of ether oxygens (including phenoxy) is 1. The molecular weight excluding hydrogens is 468 g/mol. The van der Waals surface area contributed by atoms with Gasteiger partial charge in [-0.25, -0.2) is 9.07 Å². The van der Waals surface area contributed by atoms with Gasteiger partial charge in [0.25, 0.3) is 5.91 Å². The Labute approximate surface area is 189 Å². The summed E-state index contributed by atoms with van der Waals surface area (Å²) in [5, 5.41) is 24.6. The van der Waals surface area contributed by atoms with Crippen LogP contribution in [0.3, 0.4) is 0 Å². The standard InChI is InChI=1S/C18H29FN3O8PS/c1-5-17(2,3)16(25)32-7-6-28-31(27)29-9-11-13(23)18(4,26)15(30-11)22-8-10(19)12(21-22)14(20)24/h8,11,13,15,23,26,31H,5-7,9H2,1-4H3,(H2,20,24)/t11-,13+,15-,18?/m1/s1. The maximum absolute atomic E-state index is 13.8. The second-order valence-electron chi connectivity index (χ2n) is 8.15. The van der Waals surface area contributed by atoms with E-state index in [9.17, 15) is 28.8 Å². The fraction of sp³-hybridized carbons (Fsp3) is 0.722. The predicted octanol–water partition coefficient (Wildman–Crippen LogP) is 1.25. The van der Waals surface area contributed by atoms with Gasteiger partial charge < -0.3 is 29.7 Å². The van der Waals surface area contributed by atoms with Gasteiger partial charge in [-0.15, -0.1) is 0 Å². The molecule has 1 aromatic heterocycles. The highest BCUT2D eigenvalue weighted by Gasteiger charge is 2.53. The molecular formula is C18H29FN3O8PS. The lowest BCUT2D eigenvalue weighted by molar-refractivity contribution is -0.118. The Bertz CT molecular complexity index is 865. The van der Waals surface area contributed by atoms with E-state index < -0.39 is 61.7 Å². The second kappa shape index (κ2) is 10.7. The minimum atomic E-state index is -2.96. The predicted molar refractivity (Wildman–Crippen MR) is 114 cm³/mol. The van der Waals surface area contributed by atoms with Crippen molar-refractivity contribution in [2.75, 3.05) is 19.0 Å². The van der Waals surface area contributed by atoms with Gasteiger partial charge in [-0.1, -0.05) is 32.5 Å². The summed E-state index contributed by atoms with van der Waals surface area (Å²) in [4.78, 5) is 23.2. The van der Waals surface area contributed by atoms with Crippen LogP contribution in [0.1, 0.15) is 50.8 Å². The van der Waals surface area contributed by atoms with Crippen molar-refractivity contribution in [3.05, 3.63) is 17.7 Å². The number of amides is 1. The summed E-state index contributed by atoms with van der Waals surface area (Å²) >= 11 is 1.08. The zero-order valence-corrected chi connectivity index (χ0v) is 20.1. The van der Waals surface area contributed by atoms with Crippen molar-refractivity contribution in [2.45, 2.75) is 58.2 Å². The molecule has 0 spiro atoms. The lowest BCUT2D eigenvalue weighted by Gasteiger charge is -2.26. The first-order valence-electron chi connectivity index (χ1n) is 9.88. The van der Waals surface area contributed by atoms with Crippen LogP contribution in [0, 0.1) is 11.2 Å². The van der Waals surface area contributed by atoms with E-state index in [0.29, 0.717) is 12.2 Å². The lowest BCUT2D eigenvalue weighted by atomic mass is 9.92. The van der Waals surface area contributed by atoms with Crippen LogP contribution in [0.2, 0.25) is 0 Å². The van der Waals surface area contributed by atoms with Crippen molar-refractivity contribution in [1.29, 1.82) is 0 Å². The molecule has 1 amide bonds. The number of rotatable bonds is 11. The molecule has 1 aliphatic heterocycles. The first-order valence-corrected chi connectivity index (χ1v) is 12.1. The van der Waals surface area contributed by atoms with Gasteiger partial charge in [0.2, 0.25) is 0 Å². The number of carbonyl (C=O) groups is 2. The van der Waals surface area contributed by atoms with Gasteiger partial charge in [-0.2, -0.15) is 5.10 Å². The number of primary amides is 1. The molecule has 14 heteroatoms. The molecule has 4 N–H and O–H groups in total. The number of thioether (sulfide) groups is 1. The number of hydrogen-bond donors (Lipinski definition) is 3. The first-order chi connectivity index (χ1) is 14.8. The largest absolute Gasteiger partial charge is 0.387 e. The third kappa shape index (κ3) is 6.16. The van der Waals surface area contributed by atoms with Crippen LogP contribution in [0.4, 0.5) is 4.39 Å². The zero-order chi connectivity index (χ0) is 24.3. The lowest BCUT2D eigenvalue weighted by Crippen LogP contribution is -2.44. The molecule has 1 fully saturated rings. The van der Waals surface area contributed by atoms with Crippen LogP contribution >= 0.6 is 20.0 Å². The Morgan fingerprint density at radius 1 is 1.47 bits per heavy atom. The third-order valence-corrected chi connectivity index (χ3v) is 7.28. The van der Waals surface area contributed by atoms with Crippen molar-refractivity contribution < 1.29 is 42.5 Å². The topological polar surface area (TPSA) is 163 Å². The number of aliphatic hydroxyl groups is 2. The number of nitrogens with two attached hydrogens (primary N) is 1. The van der Waals surface area contributed by atoms with Gasteiger partial charge in [0, 0.05) is 11.2 Å². The van der Waals surface area contributed by atoms with Crippen molar-refractivity contribution in [1.82, 2.24) is 9.78 Å². The summed E-state index contributed by atoms with van der Waals surface area (Å²) in [7, 11) is -2.96. The third-order valence-electron chi connectivity index (χ3n) is 5.25. The summed E-state index contributed by atoms with van der Waals surface area (Å²) in [6.07, 6.45) is -2.50. The summed E-state index contributed by atoms with van der Waals surface area (Å²) in [5.41, 5.74) is 2.01. The number of hydrogen-bond acceptors (Lipinski definition) is 10. The number of nitrogens with zero attached hydrogens (tertiary/aromatic N) is 2. The minimum Gasteiger partial charge on any atom is -0.387 e. The van der Waals surface area contributed by atoms with Crippen molar-refractivity contribution >= 4 is 31.0 Å². The van der Waals surface area contributed by atoms with E-state index in [1.807, 2.05) is 20.8 Å². The number of aromatic nitrogens is 2. The van der Waals surface area contributed by atoms with Gasteiger partial charge in [0.05, 0.1) is 19.4 Å². The van der Waals surface area contributed by atoms with Crippen LogP contribution in [0.15, 0.2) is 6.20 Å². The zero-order valence-electron chi connectivity index (χ0n) is 18.2. The SMILES string of the molecule is CCC(C)(C)C(=O)SCCO[PH](=O)OC[C@H]1O[C@@H](n2cc(F)c(C(N)=O)n2)C(C)(O)[C@H]1O. The minimum absolute atomic E-state index is 0.00879. The maximum atomic E-state index is 13.8. The van der Waals surface area contributed by atoms with Crippen LogP contribution in [-0.4, -0.2) is 67.8 Å². The molecule has 2 unspecified atom stereocenters. The van der Waals surface area contributed by atoms with Gasteiger partial charge in [0.15, 0.2) is 22.9 Å². The molecule has 0 aromatic carbocycles. The molecule has 1 saturated heterocycles. The van der Waals surface area contributed by atoms with E-state index >= 15 is 0 Å². The second-order valence-corrected chi connectivity index (χ2v) is 10.3. The smallest absolute Gasteiger partial charge is 0.319 e. The highest BCUT2D eigenvalue weighted by molar-refractivity contribution is 8.13. The Kier molecular flexibility index (Phi) is 9.02. The maximum Gasteiger partial charge on any atom is 0.319 e. The molecule has 32 heavy (non-hydrogen) atoms. The van der Waals surface area contributed by atoms with Gasteiger partial charge in [0.1, 0.15) is 17.8 Å². The van der Waals surface area contributed by atoms with E-state index in [0.717, 1.165) is 22.6 Å². The number of halogens is 1. The molecule has 2 rings (SSSR count). The molecule has 1 aromatic rings. The molecule has 0 saturated carbocycles. The highest BCUT2D eigenvalue weighted by atomic mass is 32.2. The summed E-state index contributed by atoms with van der Waals surface area (Å²) < 4.78 is 42.3. The van der Waals surface area contributed by atoms with Crippen molar-refractivity contribution in [3.63, 3.8) is 0 Å². The Balaban J connectivity index is 1.86. The molecule has 5 atom stereocenters. The van der Waals surface area contributed by atoms with Crippen LogP contribution in [0.5, 0.6) is 0 Å². The molecule has 1 aliphatic rings. The van der Waals surface area contributed by atoms with Crippen molar-refractivity contribution in [3.8, 4) is 0 Å². The average molecular weight is 497 g/mol. The fourth-order valence-electron chi connectivity index (χ4n) is 2.81. The number of carbonyl (C=O) groups excluding carboxylic acids is 2. The Morgan fingerprint density at radius 3 is 2.69 bits per heavy atom. The van der Waals surface area contributed by atoms with E-state index in [2.05, 4.69) is 5.10 Å². The molecule has 0 aliphatic carbocycles. The molecule has 182 valence electrons. The fourth-order valence-corrected chi connectivity index (χ4v) is 4.50. The molecule has 0 bridgehead atoms. The van der Waals surface area contributed by atoms with Gasteiger partial charge in [-0.05, 0) is 13.3 Å². The van der Waals surface area contributed by atoms with E-state index in [-0.39, 0.29) is 11.7 Å². The summed E-state index contributed by atoms with van der Waals surface area (Å²) in [6.45, 7) is 6.46. The van der Waals surface area contributed by atoms with Crippen LogP contribution in [0.25, 0.3) is 0 Å². The van der Waals surface area contributed by atoms with Gasteiger partial charge >= 0.3 is 8.25 Å². The van der Waals surface area contributed by atoms with Crippen LogP contribution in [-0.2, 0) is 23.1 Å². The van der Waals surface area contributed by atoms with E-state index in [1.165, 1.54) is 6.92 Å². The van der Waals surface area contributed by atoms with Crippen molar-refractivity contribution in [2.24, 2.45) is 11.1 Å². The van der Waals surface area contributed by atoms with E-state index in [4.69, 9.17) is 19.5 Å². The average Bonchev–Trinajstić information content (AvgIpc) is 3.21. The monoisotopic (exact) mass is 497 g/mol. The normalized spacial score (nSPS) is 26.9. The van der Waals surface area contributed by atoms with Crippen LogP contribution < -0.4 is 5.73 Å². The molecule has 11 nitrogen and oxygen atoms in total. The summed E-state index contributed by atoms with van der Waals surface area (Å²) in [5.74, 6) is -1.81. The molecule has 2 heterocycles. The highest BCUT2D eigenvalue weighted by Crippen LogP contribution is 2.39. The summed E-state index contributed by atoms with van der Waals surface area (Å²) in [6, 6.07) is 0. The Morgan fingerprint density at radius 2 is 2.12 bits per heavy atom. The number of aliphatic hydroxyl groups excluding tert-OH is 1. The van der Waals surface area contributed by atoms with Gasteiger partial charge in [-0.3, -0.25) is 14.2 Å². The van der Waals surface area contributed by atoms with E-state index in [1.54, 1.807) is 0 Å². The Hall–Kier alpha value is -1.34. The first kappa shape index (κ1) is 26.9. The molecule has 0 radical (unpaired) electrons. The quantitative estimate of drug-likeness (QED) is 0.299.